The molecule has 2 N–H and O–H groups in total. The third-order valence-electron chi connectivity index (χ3n) is 3.32. The zero-order valence-corrected chi connectivity index (χ0v) is 12.4. The molecule has 1 aliphatic rings. The van der Waals surface area contributed by atoms with Gasteiger partial charge in [-0.15, -0.1) is 0 Å². The Balaban J connectivity index is 1.78. The van der Waals surface area contributed by atoms with E-state index in [1.165, 1.54) is 19.3 Å². The molecule has 3 nitrogen and oxygen atoms in total. The summed E-state index contributed by atoms with van der Waals surface area (Å²) in [4.78, 5) is 11.7. The first-order valence-electron chi connectivity index (χ1n) is 6.74. The molecule has 0 atom stereocenters. The molecule has 0 saturated heterocycles. The van der Waals surface area contributed by atoms with Crippen molar-refractivity contribution >= 4 is 28.0 Å². The molecule has 19 heavy (non-hydrogen) atoms. The van der Waals surface area contributed by atoms with Crippen LogP contribution in [-0.2, 0) is 0 Å². The van der Waals surface area contributed by atoms with E-state index in [1.807, 2.05) is 30.3 Å². The SMILES string of the molecule is O=C(N/C=C/c1ccccc1Br)NC1CCCCC1. The van der Waals surface area contributed by atoms with E-state index in [0.29, 0.717) is 6.04 Å². The number of carbonyl (C=O) groups is 1. The Labute approximate surface area is 122 Å². The lowest BCUT2D eigenvalue weighted by Gasteiger charge is -2.22. The number of hydrogen-bond acceptors (Lipinski definition) is 1. The Morgan fingerprint density at radius 3 is 2.68 bits per heavy atom. The van der Waals surface area contributed by atoms with Gasteiger partial charge in [0.1, 0.15) is 0 Å². The van der Waals surface area contributed by atoms with E-state index in [0.717, 1.165) is 22.9 Å². The molecule has 1 aromatic carbocycles. The van der Waals surface area contributed by atoms with Crippen LogP contribution in [0.25, 0.3) is 6.08 Å². The Morgan fingerprint density at radius 2 is 1.95 bits per heavy atom. The van der Waals surface area contributed by atoms with Gasteiger partial charge in [0, 0.05) is 16.7 Å². The van der Waals surface area contributed by atoms with Gasteiger partial charge in [0.15, 0.2) is 0 Å². The maximum absolute atomic E-state index is 11.7. The summed E-state index contributed by atoms with van der Waals surface area (Å²) >= 11 is 3.46. The second kappa shape index (κ2) is 7.34. The predicted octanol–water partition coefficient (Wildman–Crippen LogP) is 4.05. The van der Waals surface area contributed by atoms with E-state index in [-0.39, 0.29) is 6.03 Å². The summed E-state index contributed by atoms with van der Waals surface area (Å²) in [5, 5.41) is 5.76. The summed E-state index contributed by atoms with van der Waals surface area (Å²) in [6, 6.07) is 8.11. The molecule has 1 aliphatic carbocycles. The number of amides is 2. The van der Waals surface area contributed by atoms with Gasteiger partial charge in [0.05, 0.1) is 0 Å². The van der Waals surface area contributed by atoms with Gasteiger partial charge in [0.25, 0.3) is 0 Å². The van der Waals surface area contributed by atoms with Crippen molar-refractivity contribution < 1.29 is 4.79 Å². The molecular weight excluding hydrogens is 304 g/mol. The monoisotopic (exact) mass is 322 g/mol. The van der Waals surface area contributed by atoms with Gasteiger partial charge < -0.3 is 10.6 Å². The van der Waals surface area contributed by atoms with Crippen LogP contribution in [0.15, 0.2) is 34.9 Å². The van der Waals surface area contributed by atoms with E-state index in [1.54, 1.807) is 6.20 Å². The molecule has 1 saturated carbocycles. The van der Waals surface area contributed by atoms with Gasteiger partial charge in [-0.1, -0.05) is 53.4 Å². The van der Waals surface area contributed by atoms with Crippen molar-refractivity contribution in [2.75, 3.05) is 0 Å². The third-order valence-corrected chi connectivity index (χ3v) is 4.05. The van der Waals surface area contributed by atoms with E-state index in [2.05, 4.69) is 26.6 Å². The standard InChI is InChI=1S/C15H19BrN2O/c16-14-9-5-4-6-12(14)10-11-17-15(19)18-13-7-2-1-3-8-13/h4-6,9-11,13H,1-3,7-8H2,(H2,17,18,19)/b11-10+. The van der Waals surface area contributed by atoms with Crippen LogP contribution < -0.4 is 10.6 Å². The van der Waals surface area contributed by atoms with Crippen LogP contribution in [0.4, 0.5) is 4.79 Å². The van der Waals surface area contributed by atoms with Crippen molar-refractivity contribution in [1.82, 2.24) is 10.6 Å². The molecule has 0 heterocycles. The number of benzene rings is 1. The molecule has 2 rings (SSSR count). The second-order valence-corrected chi connectivity index (χ2v) is 5.66. The molecule has 102 valence electrons. The summed E-state index contributed by atoms with van der Waals surface area (Å²) < 4.78 is 1.01. The first-order chi connectivity index (χ1) is 9.25. The van der Waals surface area contributed by atoms with Crippen LogP contribution in [0, 0.1) is 0 Å². The van der Waals surface area contributed by atoms with E-state index in [4.69, 9.17) is 0 Å². The van der Waals surface area contributed by atoms with Crippen LogP contribution in [-0.4, -0.2) is 12.1 Å². The molecule has 0 unspecified atom stereocenters. The fourth-order valence-electron chi connectivity index (χ4n) is 2.29. The van der Waals surface area contributed by atoms with Crippen molar-refractivity contribution in [1.29, 1.82) is 0 Å². The topological polar surface area (TPSA) is 41.1 Å². The first-order valence-corrected chi connectivity index (χ1v) is 7.53. The highest BCUT2D eigenvalue weighted by molar-refractivity contribution is 9.10. The summed E-state index contributed by atoms with van der Waals surface area (Å²) in [5.41, 5.74) is 1.04. The van der Waals surface area contributed by atoms with Gasteiger partial charge >= 0.3 is 6.03 Å². The molecule has 0 bridgehead atoms. The number of nitrogens with one attached hydrogen (secondary N) is 2. The summed E-state index contributed by atoms with van der Waals surface area (Å²) in [6.07, 6.45) is 9.49. The van der Waals surface area contributed by atoms with Crippen molar-refractivity contribution in [3.63, 3.8) is 0 Å². The molecule has 0 radical (unpaired) electrons. The van der Waals surface area contributed by atoms with Gasteiger partial charge in [-0.25, -0.2) is 4.79 Å². The zero-order chi connectivity index (χ0) is 13.5. The van der Waals surface area contributed by atoms with Crippen molar-refractivity contribution in [2.24, 2.45) is 0 Å². The summed E-state index contributed by atoms with van der Waals surface area (Å²) in [5.74, 6) is 0. The number of urea groups is 1. The minimum atomic E-state index is -0.116. The normalized spacial score (nSPS) is 16.5. The zero-order valence-electron chi connectivity index (χ0n) is 10.9. The quantitative estimate of drug-likeness (QED) is 0.865. The minimum absolute atomic E-state index is 0.116. The van der Waals surface area contributed by atoms with Crippen molar-refractivity contribution in [2.45, 2.75) is 38.1 Å². The van der Waals surface area contributed by atoms with Crippen molar-refractivity contribution in [3.05, 3.63) is 40.5 Å². The maximum Gasteiger partial charge on any atom is 0.318 e. The molecule has 0 spiro atoms. The minimum Gasteiger partial charge on any atom is -0.335 e. The molecule has 2 amide bonds. The van der Waals surface area contributed by atoms with Crippen LogP contribution in [0.2, 0.25) is 0 Å². The molecule has 1 fully saturated rings. The number of rotatable bonds is 3. The Morgan fingerprint density at radius 1 is 1.21 bits per heavy atom. The van der Waals surface area contributed by atoms with Crippen molar-refractivity contribution in [3.8, 4) is 0 Å². The number of halogens is 1. The largest absolute Gasteiger partial charge is 0.335 e. The van der Waals surface area contributed by atoms with E-state index >= 15 is 0 Å². The fraction of sp³-hybridized carbons (Fsp3) is 0.400. The fourth-order valence-corrected chi connectivity index (χ4v) is 2.71. The average molecular weight is 323 g/mol. The highest BCUT2D eigenvalue weighted by atomic mass is 79.9. The number of carbonyl (C=O) groups excluding carboxylic acids is 1. The Kier molecular flexibility index (Phi) is 5.45. The highest BCUT2D eigenvalue weighted by Crippen LogP contribution is 2.17. The number of hydrogen-bond donors (Lipinski definition) is 2. The van der Waals surface area contributed by atoms with Gasteiger partial charge in [-0.2, -0.15) is 0 Å². The lowest BCUT2D eigenvalue weighted by atomic mass is 9.96. The third kappa shape index (κ3) is 4.71. The van der Waals surface area contributed by atoms with Crippen LogP contribution in [0.5, 0.6) is 0 Å². The molecule has 4 heteroatoms. The maximum atomic E-state index is 11.7. The van der Waals surface area contributed by atoms with Crippen LogP contribution in [0.3, 0.4) is 0 Å². The van der Waals surface area contributed by atoms with E-state index in [9.17, 15) is 4.79 Å². The summed E-state index contributed by atoms with van der Waals surface area (Å²) in [6.45, 7) is 0. The Bertz CT molecular complexity index is 453. The van der Waals surface area contributed by atoms with Gasteiger partial charge in [-0.3, -0.25) is 0 Å². The van der Waals surface area contributed by atoms with Crippen LogP contribution in [0.1, 0.15) is 37.7 Å². The van der Waals surface area contributed by atoms with Gasteiger partial charge in [-0.05, 0) is 30.5 Å². The lowest BCUT2D eigenvalue weighted by molar-refractivity contribution is 0.236. The lowest BCUT2D eigenvalue weighted by Crippen LogP contribution is -2.40. The van der Waals surface area contributed by atoms with Gasteiger partial charge in [0.2, 0.25) is 0 Å². The first kappa shape index (κ1) is 14.1. The smallest absolute Gasteiger partial charge is 0.318 e. The average Bonchev–Trinajstić information content (AvgIpc) is 2.42. The highest BCUT2D eigenvalue weighted by Gasteiger charge is 2.14. The molecule has 0 aromatic heterocycles. The Hall–Kier alpha value is -1.29. The molecule has 0 aliphatic heterocycles. The predicted molar refractivity (Wildman–Crippen MR) is 81.7 cm³/mol. The van der Waals surface area contributed by atoms with Crippen LogP contribution >= 0.6 is 15.9 Å². The van der Waals surface area contributed by atoms with E-state index < -0.39 is 0 Å². The molecule has 1 aromatic rings. The summed E-state index contributed by atoms with van der Waals surface area (Å²) in [7, 11) is 0. The molecular formula is C15H19BrN2O. The second-order valence-electron chi connectivity index (χ2n) is 4.81.